The minimum Gasteiger partial charge on any atom is -0.351 e. The van der Waals surface area contributed by atoms with E-state index in [1.807, 2.05) is 12.1 Å². The Morgan fingerprint density at radius 3 is 2.61 bits per heavy atom. The number of aromatic nitrogens is 2. The minimum absolute atomic E-state index is 0. The molecule has 1 fully saturated rings. The van der Waals surface area contributed by atoms with Crippen LogP contribution in [0.4, 0.5) is 0 Å². The zero-order chi connectivity index (χ0) is 15.4. The predicted molar refractivity (Wildman–Crippen MR) is 89.5 cm³/mol. The standard InChI is InChI=1S/C16H20N4O2.ClH/c1-16(6-8-17-9-7-16)10-18-15(21)13-4-2-12(3-5-13)14-19-11-22-20-14;/h2-5,11,17H,6-10H2,1H3,(H,18,21);1H. The van der Waals surface area contributed by atoms with Crippen molar-refractivity contribution in [2.75, 3.05) is 19.6 Å². The number of nitrogens with zero attached hydrogens (tertiary/aromatic N) is 2. The van der Waals surface area contributed by atoms with Gasteiger partial charge in [-0.25, -0.2) is 0 Å². The zero-order valence-corrected chi connectivity index (χ0v) is 13.9. The maximum absolute atomic E-state index is 12.3. The molecule has 0 unspecified atom stereocenters. The Morgan fingerprint density at radius 2 is 2.00 bits per heavy atom. The monoisotopic (exact) mass is 336 g/mol. The molecule has 1 saturated heterocycles. The van der Waals surface area contributed by atoms with E-state index < -0.39 is 0 Å². The van der Waals surface area contributed by atoms with Crippen LogP contribution in [0.1, 0.15) is 30.1 Å². The van der Waals surface area contributed by atoms with Gasteiger partial charge in [0.05, 0.1) is 0 Å². The van der Waals surface area contributed by atoms with Gasteiger partial charge in [0, 0.05) is 17.7 Å². The van der Waals surface area contributed by atoms with Crippen molar-refractivity contribution in [1.29, 1.82) is 0 Å². The van der Waals surface area contributed by atoms with Crippen LogP contribution in [0, 0.1) is 5.41 Å². The van der Waals surface area contributed by atoms with Gasteiger partial charge in [0.1, 0.15) is 0 Å². The molecule has 1 aliphatic rings. The highest BCUT2D eigenvalue weighted by molar-refractivity contribution is 5.94. The summed E-state index contributed by atoms with van der Waals surface area (Å²) in [6.07, 6.45) is 3.46. The minimum atomic E-state index is -0.0422. The van der Waals surface area contributed by atoms with Crippen molar-refractivity contribution in [2.24, 2.45) is 5.41 Å². The molecule has 2 N–H and O–H groups in total. The third kappa shape index (κ3) is 4.30. The van der Waals surface area contributed by atoms with Gasteiger partial charge in [-0.15, -0.1) is 12.4 Å². The van der Waals surface area contributed by atoms with E-state index in [0.717, 1.165) is 31.5 Å². The molecule has 1 aromatic carbocycles. The van der Waals surface area contributed by atoms with Gasteiger partial charge in [-0.2, -0.15) is 4.98 Å². The van der Waals surface area contributed by atoms with Gasteiger partial charge in [-0.3, -0.25) is 4.79 Å². The van der Waals surface area contributed by atoms with Gasteiger partial charge in [-0.05, 0) is 43.5 Å². The number of hydrogen-bond acceptors (Lipinski definition) is 5. The summed E-state index contributed by atoms with van der Waals surface area (Å²) < 4.78 is 4.72. The molecule has 0 radical (unpaired) electrons. The van der Waals surface area contributed by atoms with Gasteiger partial charge in [0.25, 0.3) is 5.91 Å². The second kappa shape index (κ2) is 7.57. The summed E-state index contributed by atoms with van der Waals surface area (Å²) >= 11 is 0. The third-order valence-corrected chi connectivity index (χ3v) is 4.25. The van der Waals surface area contributed by atoms with Crippen molar-refractivity contribution in [1.82, 2.24) is 20.8 Å². The molecule has 7 heteroatoms. The number of carbonyl (C=O) groups is 1. The summed E-state index contributed by atoms with van der Waals surface area (Å²) in [5, 5.41) is 10.2. The van der Waals surface area contributed by atoms with E-state index in [2.05, 4.69) is 27.7 Å². The molecule has 124 valence electrons. The van der Waals surface area contributed by atoms with Gasteiger partial charge >= 0.3 is 0 Å². The lowest BCUT2D eigenvalue weighted by Gasteiger charge is -2.34. The van der Waals surface area contributed by atoms with E-state index in [0.29, 0.717) is 17.9 Å². The number of nitrogens with one attached hydrogen (secondary N) is 2. The first-order valence-corrected chi connectivity index (χ1v) is 7.52. The fourth-order valence-electron chi connectivity index (χ4n) is 2.67. The molecular formula is C16H21ClN4O2. The van der Waals surface area contributed by atoms with Gasteiger partial charge in [0.15, 0.2) is 0 Å². The SMILES string of the molecule is CC1(CNC(=O)c2ccc(-c3ncon3)cc2)CCNCC1.Cl. The number of piperidine rings is 1. The third-order valence-electron chi connectivity index (χ3n) is 4.25. The summed E-state index contributed by atoms with van der Waals surface area (Å²) in [7, 11) is 0. The number of halogens is 1. The number of hydrogen-bond donors (Lipinski definition) is 2. The van der Waals surface area contributed by atoms with Crippen LogP contribution in [0.3, 0.4) is 0 Å². The molecule has 1 aromatic heterocycles. The summed E-state index contributed by atoms with van der Waals surface area (Å²) in [6.45, 7) is 4.98. The second-order valence-corrected chi connectivity index (χ2v) is 6.08. The Kier molecular flexibility index (Phi) is 5.74. The smallest absolute Gasteiger partial charge is 0.251 e. The molecule has 2 heterocycles. The largest absolute Gasteiger partial charge is 0.351 e. The molecule has 6 nitrogen and oxygen atoms in total. The molecule has 0 aliphatic carbocycles. The summed E-state index contributed by atoms with van der Waals surface area (Å²) in [6, 6.07) is 7.22. The van der Waals surface area contributed by atoms with Crippen molar-refractivity contribution in [3.05, 3.63) is 36.2 Å². The molecule has 0 atom stereocenters. The van der Waals surface area contributed by atoms with E-state index in [4.69, 9.17) is 4.52 Å². The Balaban J connectivity index is 0.00000192. The highest BCUT2D eigenvalue weighted by atomic mass is 35.5. The number of carbonyl (C=O) groups excluding carboxylic acids is 1. The van der Waals surface area contributed by atoms with Crippen LogP contribution >= 0.6 is 12.4 Å². The van der Waals surface area contributed by atoms with E-state index in [9.17, 15) is 4.79 Å². The van der Waals surface area contributed by atoms with Crippen LogP contribution in [-0.4, -0.2) is 35.7 Å². The lowest BCUT2D eigenvalue weighted by molar-refractivity contribution is 0.0922. The molecular weight excluding hydrogens is 316 g/mol. The fourth-order valence-corrected chi connectivity index (χ4v) is 2.67. The quantitative estimate of drug-likeness (QED) is 0.895. The van der Waals surface area contributed by atoms with Crippen LogP contribution in [0.2, 0.25) is 0 Å². The predicted octanol–water partition coefficient (Wildman–Crippen LogP) is 2.28. The summed E-state index contributed by atoms with van der Waals surface area (Å²) in [5.41, 5.74) is 1.66. The molecule has 1 amide bonds. The van der Waals surface area contributed by atoms with Crippen molar-refractivity contribution >= 4 is 18.3 Å². The maximum atomic E-state index is 12.3. The average molecular weight is 337 g/mol. The van der Waals surface area contributed by atoms with Gasteiger partial charge < -0.3 is 15.2 Å². The molecule has 1 aliphatic heterocycles. The van der Waals surface area contributed by atoms with Crippen LogP contribution < -0.4 is 10.6 Å². The normalized spacial score (nSPS) is 16.4. The average Bonchev–Trinajstić information content (AvgIpc) is 3.08. The van der Waals surface area contributed by atoms with Crippen LogP contribution in [0.15, 0.2) is 35.2 Å². The van der Waals surface area contributed by atoms with Crippen molar-refractivity contribution < 1.29 is 9.32 Å². The van der Waals surface area contributed by atoms with Crippen molar-refractivity contribution in [3.63, 3.8) is 0 Å². The van der Waals surface area contributed by atoms with Crippen LogP contribution in [0.5, 0.6) is 0 Å². The zero-order valence-electron chi connectivity index (χ0n) is 13.0. The Bertz CT molecular complexity index is 622. The molecule has 0 bridgehead atoms. The van der Waals surface area contributed by atoms with Gasteiger partial charge in [0.2, 0.25) is 12.2 Å². The molecule has 3 rings (SSSR count). The van der Waals surface area contributed by atoms with Crippen LogP contribution in [0.25, 0.3) is 11.4 Å². The topological polar surface area (TPSA) is 80.1 Å². The molecule has 0 saturated carbocycles. The van der Waals surface area contributed by atoms with Gasteiger partial charge in [-0.1, -0.05) is 24.2 Å². The van der Waals surface area contributed by atoms with E-state index >= 15 is 0 Å². The number of benzene rings is 1. The summed E-state index contributed by atoms with van der Waals surface area (Å²) in [5.74, 6) is 0.480. The van der Waals surface area contributed by atoms with Crippen molar-refractivity contribution in [3.8, 4) is 11.4 Å². The van der Waals surface area contributed by atoms with Crippen LogP contribution in [-0.2, 0) is 0 Å². The highest BCUT2D eigenvalue weighted by Crippen LogP contribution is 2.26. The highest BCUT2D eigenvalue weighted by Gasteiger charge is 2.27. The van der Waals surface area contributed by atoms with E-state index in [1.165, 1.54) is 6.39 Å². The first-order valence-electron chi connectivity index (χ1n) is 7.52. The Morgan fingerprint density at radius 1 is 1.30 bits per heavy atom. The first-order chi connectivity index (χ1) is 10.7. The van der Waals surface area contributed by atoms with Crippen molar-refractivity contribution in [2.45, 2.75) is 19.8 Å². The molecule has 2 aromatic rings. The van der Waals surface area contributed by atoms with E-state index in [1.54, 1.807) is 12.1 Å². The Hall–Kier alpha value is -1.92. The lowest BCUT2D eigenvalue weighted by Crippen LogP contribution is -2.42. The van der Waals surface area contributed by atoms with E-state index in [-0.39, 0.29) is 23.7 Å². The first kappa shape index (κ1) is 17.4. The molecule has 23 heavy (non-hydrogen) atoms. The second-order valence-electron chi connectivity index (χ2n) is 6.08. The number of rotatable bonds is 4. The summed E-state index contributed by atoms with van der Waals surface area (Å²) in [4.78, 5) is 16.2. The lowest BCUT2D eigenvalue weighted by atomic mass is 9.81. The number of amides is 1. The Labute approximate surface area is 141 Å². The maximum Gasteiger partial charge on any atom is 0.251 e. The fraction of sp³-hybridized carbons (Fsp3) is 0.438. The molecule has 0 spiro atoms.